The maximum atomic E-state index is 12.6. The van der Waals surface area contributed by atoms with Crippen LogP contribution >= 0.6 is 11.3 Å². The molecule has 0 radical (unpaired) electrons. The quantitative estimate of drug-likeness (QED) is 0.704. The number of benzene rings is 1. The molecule has 0 saturated heterocycles. The minimum atomic E-state index is -0.603. The first-order valence-corrected chi connectivity index (χ1v) is 8.44. The number of carbonyl (C=O) groups excluding carboxylic acids is 2. The number of nitrogens with two attached hydrogens (primary N) is 1. The average Bonchev–Trinajstić information content (AvgIpc) is 2.96. The first-order valence-electron chi connectivity index (χ1n) is 7.63. The van der Waals surface area contributed by atoms with Crippen LogP contribution in [0.5, 0.6) is 5.75 Å². The number of aryl methyl sites for hydroxylation is 1. The fraction of sp³-hybridized carbons (Fsp3) is 0.176. The van der Waals surface area contributed by atoms with Crippen LogP contribution in [0.4, 0.5) is 5.69 Å². The van der Waals surface area contributed by atoms with E-state index in [0.717, 1.165) is 11.3 Å². The summed E-state index contributed by atoms with van der Waals surface area (Å²) < 4.78 is 6.26. The number of anilines is 1. The van der Waals surface area contributed by atoms with Gasteiger partial charge in [-0.05, 0) is 36.8 Å². The second-order valence-electron chi connectivity index (χ2n) is 5.55. The summed E-state index contributed by atoms with van der Waals surface area (Å²) in [6.07, 6.45) is 1.29. The molecule has 1 aromatic carbocycles. The summed E-state index contributed by atoms with van der Waals surface area (Å²) in [5.41, 5.74) is 6.00. The molecule has 0 aliphatic carbocycles. The monoisotopic (exact) mass is 372 g/mol. The molecule has 134 valence electrons. The number of thiophene rings is 1. The van der Waals surface area contributed by atoms with Gasteiger partial charge in [0.1, 0.15) is 17.1 Å². The van der Waals surface area contributed by atoms with E-state index in [1.54, 1.807) is 38.3 Å². The molecule has 0 spiro atoms. The average molecular weight is 372 g/mol. The SMILES string of the molecule is COc1ccc(NC(=O)Cn2cnc3sc(C(N)=O)c(C)c3c2=O)cc1. The number of amides is 2. The fourth-order valence-corrected chi connectivity index (χ4v) is 3.53. The molecule has 0 fully saturated rings. The van der Waals surface area contributed by atoms with E-state index in [1.807, 2.05) is 0 Å². The van der Waals surface area contributed by atoms with Crippen molar-refractivity contribution in [3.05, 3.63) is 51.4 Å². The molecule has 2 aromatic heterocycles. The van der Waals surface area contributed by atoms with Gasteiger partial charge in [-0.1, -0.05) is 0 Å². The Morgan fingerprint density at radius 1 is 1.31 bits per heavy atom. The zero-order chi connectivity index (χ0) is 18.8. The molecule has 3 aromatic rings. The van der Waals surface area contributed by atoms with Gasteiger partial charge in [0, 0.05) is 5.69 Å². The zero-order valence-electron chi connectivity index (χ0n) is 14.1. The van der Waals surface area contributed by atoms with Gasteiger partial charge in [0.25, 0.3) is 11.5 Å². The predicted molar refractivity (Wildman–Crippen MR) is 98.8 cm³/mol. The molecule has 0 saturated carbocycles. The minimum absolute atomic E-state index is 0.199. The van der Waals surface area contributed by atoms with E-state index in [9.17, 15) is 14.4 Å². The Hall–Kier alpha value is -3.20. The number of aromatic nitrogens is 2. The van der Waals surface area contributed by atoms with Crippen LogP contribution in [0.3, 0.4) is 0 Å². The van der Waals surface area contributed by atoms with Crippen LogP contribution in [0.2, 0.25) is 0 Å². The van der Waals surface area contributed by atoms with Crippen LogP contribution in [0.25, 0.3) is 10.2 Å². The summed E-state index contributed by atoms with van der Waals surface area (Å²) in [7, 11) is 1.55. The number of carbonyl (C=O) groups is 2. The van der Waals surface area contributed by atoms with Gasteiger partial charge >= 0.3 is 0 Å². The molecule has 0 atom stereocenters. The topological polar surface area (TPSA) is 116 Å². The molecule has 9 heteroatoms. The Bertz CT molecular complexity index is 1050. The molecule has 26 heavy (non-hydrogen) atoms. The normalized spacial score (nSPS) is 10.7. The number of primary amides is 1. The Morgan fingerprint density at radius 3 is 2.62 bits per heavy atom. The van der Waals surface area contributed by atoms with Crippen molar-refractivity contribution in [2.75, 3.05) is 12.4 Å². The van der Waals surface area contributed by atoms with Crippen molar-refractivity contribution in [3.63, 3.8) is 0 Å². The van der Waals surface area contributed by atoms with Gasteiger partial charge < -0.3 is 15.8 Å². The molecule has 0 aliphatic heterocycles. The Kier molecular flexibility index (Phi) is 4.72. The van der Waals surface area contributed by atoms with Crippen molar-refractivity contribution >= 4 is 39.1 Å². The maximum Gasteiger partial charge on any atom is 0.262 e. The number of nitrogens with one attached hydrogen (secondary N) is 1. The van der Waals surface area contributed by atoms with E-state index in [-0.39, 0.29) is 18.0 Å². The number of fused-ring (bicyclic) bond motifs is 1. The number of nitrogens with zero attached hydrogens (tertiary/aromatic N) is 2. The number of ether oxygens (including phenoxy) is 1. The van der Waals surface area contributed by atoms with Gasteiger partial charge in [-0.25, -0.2) is 4.98 Å². The molecular weight excluding hydrogens is 356 g/mol. The lowest BCUT2D eigenvalue weighted by Gasteiger charge is -2.08. The van der Waals surface area contributed by atoms with Gasteiger partial charge in [0.15, 0.2) is 0 Å². The van der Waals surface area contributed by atoms with Gasteiger partial charge in [0.2, 0.25) is 5.91 Å². The molecule has 2 heterocycles. The lowest BCUT2D eigenvalue weighted by molar-refractivity contribution is -0.116. The smallest absolute Gasteiger partial charge is 0.262 e. The highest BCUT2D eigenvalue weighted by molar-refractivity contribution is 7.20. The summed E-state index contributed by atoms with van der Waals surface area (Å²) in [6.45, 7) is 1.44. The van der Waals surface area contributed by atoms with Crippen molar-refractivity contribution in [2.24, 2.45) is 5.73 Å². The highest BCUT2D eigenvalue weighted by Crippen LogP contribution is 2.26. The molecular formula is C17H16N4O4S. The van der Waals surface area contributed by atoms with E-state index in [1.165, 1.54) is 10.9 Å². The number of rotatable bonds is 5. The van der Waals surface area contributed by atoms with Crippen molar-refractivity contribution in [1.29, 1.82) is 0 Å². The molecule has 0 aliphatic rings. The molecule has 3 rings (SSSR count). The van der Waals surface area contributed by atoms with Crippen LogP contribution in [0.15, 0.2) is 35.4 Å². The summed E-state index contributed by atoms with van der Waals surface area (Å²) >= 11 is 1.07. The predicted octanol–water partition coefficient (Wildman–Crippen LogP) is 1.51. The molecule has 8 nitrogen and oxygen atoms in total. The lowest BCUT2D eigenvalue weighted by Crippen LogP contribution is -2.28. The van der Waals surface area contributed by atoms with Gasteiger partial charge in [-0.2, -0.15) is 0 Å². The van der Waals surface area contributed by atoms with Gasteiger partial charge in [0.05, 0.1) is 23.7 Å². The molecule has 2 amide bonds. The second-order valence-corrected chi connectivity index (χ2v) is 6.55. The summed E-state index contributed by atoms with van der Waals surface area (Å²) in [6, 6.07) is 6.83. The number of methoxy groups -OCH3 is 1. The first kappa shape index (κ1) is 17.6. The number of hydrogen-bond donors (Lipinski definition) is 2. The summed E-state index contributed by atoms with van der Waals surface area (Å²) in [5.74, 6) is -0.304. The van der Waals surface area contributed by atoms with Crippen LogP contribution < -0.4 is 21.3 Å². The third kappa shape index (κ3) is 3.29. The molecule has 3 N–H and O–H groups in total. The third-order valence-corrected chi connectivity index (χ3v) is 5.04. The van der Waals surface area contributed by atoms with Crippen molar-refractivity contribution < 1.29 is 14.3 Å². The highest BCUT2D eigenvalue weighted by atomic mass is 32.1. The Labute approximate surface area is 152 Å². The molecule has 0 unspecified atom stereocenters. The minimum Gasteiger partial charge on any atom is -0.497 e. The Morgan fingerprint density at radius 2 is 2.00 bits per heavy atom. The van der Waals surface area contributed by atoms with Crippen LogP contribution in [0, 0.1) is 6.92 Å². The van der Waals surface area contributed by atoms with Crippen LogP contribution in [-0.2, 0) is 11.3 Å². The standard InChI is InChI=1S/C17H16N4O4S/c1-9-13-16(26-14(9)15(18)23)19-8-21(17(13)24)7-12(22)20-10-3-5-11(25-2)6-4-10/h3-6,8H,7H2,1-2H3,(H2,18,23)(H,20,22). The van der Waals surface area contributed by atoms with E-state index >= 15 is 0 Å². The number of hydrogen-bond acceptors (Lipinski definition) is 6. The zero-order valence-corrected chi connectivity index (χ0v) is 14.9. The largest absolute Gasteiger partial charge is 0.497 e. The molecule has 0 bridgehead atoms. The maximum absolute atomic E-state index is 12.6. The fourth-order valence-electron chi connectivity index (χ4n) is 2.54. The Balaban J connectivity index is 1.85. The van der Waals surface area contributed by atoms with Crippen molar-refractivity contribution in [3.8, 4) is 5.75 Å². The van der Waals surface area contributed by atoms with E-state index in [0.29, 0.717) is 32.1 Å². The first-order chi connectivity index (χ1) is 12.4. The highest BCUT2D eigenvalue weighted by Gasteiger charge is 2.18. The van der Waals surface area contributed by atoms with Crippen molar-refractivity contribution in [1.82, 2.24) is 9.55 Å². The van der Waals surface area contributed by atoms with Crippen molar-refractivity contribution in [2.45, 2.75) is 13.5 Å². The van der Waals surface area contributed by atoms with Gasteiger partial charge in [-0.15, -0.1) is 11.3 Å². The second kappa shape index (κ2) is 6.96. The van der Waals surface area contributed by atoms with E-state index < -0.39 is 5.91 Å². The van der Waals surface area contributed by atoms with Gasteiger partial charge in [-0.3, -0.25) is 19.0 Å². The van der Waals surface area contributed by atoms with E-state index in [2.05, 4.69) is 10.3 Å². The lowest BCUT2D eigenvalue weighted by atomic mass is 10.2. The summed E-state index contributed by atoms with van der Waals surface area (Å²) in [4.78, 5) is 41.2. The van der Waals surface area contributed by atoms with E-state index in [4.69, 9.17) is 10.5 Å². The van der Waals surface area contributed by atoms with Crippen LogP contribution in [0.1, 0.15) is 15.2 Å². The van der Waals surface area contributed by atoms with Crippen LogP contribution in [-0.4, -0.2) is 28.5 Å². The third-order valence-electron chi connectivity index (χ3n) is 3.83. The summed E-state index contributed by atoms with van der Waals surface area (Å²) in [5, 5.41) is 3.01.